The van der Waals surface area contributed by atoms with Gasteiger partial charge in [-0.1, -0.05) is 12.8 Å². The highest BCUT2D eigenvalue weighted by molar-refractivity contribution is 7.90. The minimum absolute atomic E-state index is 0.0839. The Hall–Kier alpha value is -0.620. The van der Waals surface area contributed by atoms with E-state index in [9.17, 15) is 13.2 Å². The molecule has 5 nitrogen and oxygen atoms in total. The lowest BCUT2D eigenvalue weighted by molar-refractivity contribution is -0.128. The highest BCUT2D eigenvalue weighted by Gasteiger charge is 2.41. The first-order valence-electron chi connectivity index (χ1n) is 5.21. The first kappa shape index (κ1) is 12.4. The summed E-state index contributed by atoms with van der Waals surface area (Å²) < 4.78 is 24.6. The summed E-state index contributed by atoms with van der Waals surface area (Å²) in [6.45, 7) is 1.72. The van der Waals surface area contributed by atoms with E-state index in [1.54, 1.807) is 0 Å². The lowest BCUT2D eigenvalue weighted by atomic mass is 9.86. The zero-order valence-corrected chi connectivity index (χ0v) is 9.77. The van der Waals surface area contributed by atoms with Gasteiger partial charge in [-0.3, -0.25) is 9.52 Å². The molecule has 1 saturated carbocycles. The summed E-state index contributed by atoms with van der Waals surface area (Å²) in [5.74, 6) is -0.510. The van der Waals surface area contributed by atoms with E-state index in [-0.39, 0.29) is 12.3 Å². The standard InChI is InChI=1S/C9H18N2O3S/c1-2-15(13,14)11-8(12)9(7-10)5-3-4-6-9/h2-7,10H2,1H3,(H,11,12). The molecular weight excluding hydrogens is 216 g/mol. The van der Waals surface area contributed by atoms with Gasteiger partial charge in [0.1, 0.15) is 0 Å². The molecule has 1 fully saturated rings. The maximum Gasteiger partial charge on any atom is 0.240 e. The van der Waals surface area contributed by atoms with Crippen LogP contribution in [-0.4, -0.2) is 26.6 Å². The van der Waals surface area contributed by atoms with E-state index in [2.05, 4.69) is 4.72 Å². The first-order valence-corrected chi connectivity index (χ1v) is 6.86. The predicted octanol–water partition coefficient (Wildman–Crippen LogP) is -0.0286. The summed E-state index contributed by atoms with van der Waals surface area (Å²) in [7, 11) is -3.46. The molecule has 0 spiro atoms. The Bertz CT molecular complexity index is 331. The molecule has 0 bridgehead atoms. The molecule has 0 heterocycles. The molecule has 88 valence electrons. The highest BCUT2D eigenvalue weighted by atomic mass is 32.2. The zero-order valence-electron chi connectivity index (χ0n) is 8.95. The van der Waals surface area contributed by atoms with Gasteiger partial charge in [0.25, 0.3) is 0 Å². The van der Waals surface area contributed by atoms with Gasteiger partial charge in [0.2, 0.25) is 15.9 Å². The Labute approximate surface area is 90.5 Å². The predicted molar refractivity (Wildman–Crippen MR) is 57.6 cm³/mol. The van der Waals surface area contributed by atoms with E-state index in [4.69, 9.17) is 5.73 Å². The highest BCUT2D eigenvalue weighted by Crippen LogP contribution is 2.37. The quantitative estimate of drug-likeness (QED) is 0.715. The van der Waals surface area contributed by atoms with Gasteiger partial charge in [0, 0.05) is 6.54 Å². The summed E-state index contributed by atoms with van der Waals surface area (Å²) >= 11 is 0. The van der Waals surface area contributed by atoms with Crippen LogP contribution in [0, 0.1) is 5.41 Å². The van der Waals surface area contributed by atoms with Crippen LogP contribution in [0.15, 0.2) is 0 Å². The van der Waals surface area contributed by atoms with Gasteiger partial charge in [0.05, 0.1) is 11.2 Å². The van der Waals surface area contributed by atoms with Crippen molar-refractivity contribution in [3.05, 3.63) is 0 Å². The minimum Gasteiger partial charge on any atom is -0.329 e. The molecule has 0 unspecified atom stereocenters. The Balaban J connectivity index is 2.75. The van der Waals surface area contributed by atoms with Gasteiger partial charge in [-0.2, -0.15) is 0 Å². The summed E-state index contributed by atoms with van der Waals surface area (Å²) in [5, 5.41) is 0. The summed E-state index contributed by atoms with van der Waals surface area (Å²) in [5.41, 5.74) is 4.92. The van der Waals surface area contributed by atoms with Crippen molar-refractivity contribution in [2.45, 2.75) is 32.6 Å². The van der Waals surface area contributed by atoms with E-state index in [1.807, 2.05) is 0 Å². The maximum atomic E-state index is 11.8. The number of sulfonamides is 1. The molecular formula is C9H18N2O3S. The zero-order chi connectivity index (χ0) is 11.5. The summed E-state index contributed by atoms with van der Waals surface area (Å²) in [4.78, 5) is 11.8. The van der Waals surface area contributed by atoms with Crippen molar-refractivity contribution in [2.24, 2.45) is 11.1 Å². The van der Waals surface area contributed by atoms with Crippen molar-refractivity contribution in [1.82, 2.24) is 4.72 Å². The van der Waals surface area contributed by atoms with Crippen molar-refractivity contribution >= 4 is 15.9 Å². The van der Waals surface area contributed by atoms with E-state index in [0.29, 0.717) is 12.8 Å². The fourth-order valence-electron chi connectivity index (χ4n) is 1.90. The molecule has 3 N–H and O–H groups in total. The molecule has 0 aromatic carbocycles. The molecule has 0 radical (unpaired) electrons. The number of hydrogen-bond acceptors (Lipinski definition) is 4. The number of hydrogen-bond donors (Lipinski definition) is 2. The van der Waals surface area contributed by atoms with Crippen LogP contribution in [0.1, 0.15) is 32.6 Å². The van der Waals surface area contributed by atoms with E-state index < -0.39 is 21.3 Å². The normalized spacial score (nSPS) is 20.1. The minimum atomic E-state index is -3.46. The van der Waals surface area contributed by atoms with E-state index >= 15 is 0 Å². The molecule has 0 aromatic rings. The Morgan fingerprint density at radius 2 is 1.93 bits per heavy atom. The second-order valence-corrected chi connectivity index (χ2v) is 6.04. The fourth-order valence-corrected chi connectivity index (χ4v) is 2.54. The number of carbonyl (C=O) groups is 1. The molecule has 1 amide bonds. The van der Waals surface area contributed by atoms with Crippen molar-refractivity contribution in [2.75, 3.05) is 12.3 Å². The molecule has 0 aromatic heterocycles. The molecule has 15 heavy (non-hydrogen) atoms. The number of amides is 1. The second kappa shape index (κ2) is 4.49. The van der Waals surface area contributed by atoms with Gasteiger partial charge in [0.15, 0.2) is 0 Å². The molecule has 0 saturated heterocycles. The van der Waals surface area contributed by atoms with Crippen LogP contribution < -0.4 is 10.5 Å². The topological polar surface area (TPSA) is 89.3 Å². The fraction of sp³-hybridized carbons (Fsp3) is 0.889. The first-order chi connectivity index (χ1) is 6.96. The molecule has 1 aliphatic rings. The lowest BCUT2D eigenvalue weighted by Gasteiger charge is -2.25. The van der Waals surface area contributed by atoms with Crippen LogP contribution in [0.3, 0.4) is 0 Å². The number of carbonyl (C=O) groups excluding carboxylic acids is 1. The van der Waals surface area contributed by atoms with Crippen LogP contribution >= 0.6 is 0 Å². The number of nitrogens with two attached hydrogens (primary N) is 1. The third kappa shape index (κ3) is 2.69. The third-order valence-electron chi connectivity index (χ3n) is 3.06. The Morgan fingerprint density at radius 3 is 2.33 bits per heavy atom. The van der Waals surface area contributed by atoms with Gasteiger partial charge < -0.3 is 5.73 Å². The largest absolute Gasteiger partial charge is 0.329 e. The second-order valence-electron chi connectivity index (χ2n) is 4.03. The summed E-state index contributed by atoms with van der Waals surface area (Å²) in [6, 6.07) is 0. The maximum absolute atomic E-state index is 11.8. The molecule has 0 atom stereocenters. The lowest BCUT2D eigenvalue weighted by Crippen LogP contribution is -2.46. The van der Waals surface area contributed by atoms with Crippen molar-refractivity contribution in [3.8, 4) is 0 Å². The van der Waals surface area contributed by atoms with Gasteiger partial charge >= 0.3 is 0 Å². The van der Waals surface area contributed by atoms with Crippen molar-refractivity contribution in [1.29, 1.82) is 0 Å². The van der Waals surface area contributed by atoms with Crippen molar-refractivity contribution < 1.29 is 13.2 Å². The number of rotatable bonds is 4. The Morgan fingerprint density at radius 1 is 1.40 bits per heavy atom. The SMILES string of the molecule is CCS(=O)(=O)NC(=O)C1(CN)CCCC1. The number of nitrogens with one attached hydrogen (secondary N) is 1. The molecule has 1 rings (SSSR count). The molecule has 0 aliphatic heterocycles. The van der Waals surface area contributed by atoms with E-state index in [0.717, 1.165) is 12.8 Å². The van der Waals surface area contributed by atoms with Crippen LogP contribution in [-0.2, 0) is 14.8 Å². The summed E-state index contributed by atoms with van der Waals surface area (Å²) in [6.07, 6.45) is 3.26. The van der Waals surface area contributed by atoms with Crippen LogP contribution in [0.25, 0.3) is 0 Å². The average molecular weight is 234 g/mol. The van der Waals surface area contributed by atoms with Crippen LogP contribution in [0.2, 0.25) is 0 Å². The van der Waals surface area contributed by atoms with Crippen LogP contribution in [0.4, 0.5) is 0 Å². The smallest absolute Gasteiger partial charge is 0.240 e. The third-order valence-corrected chi connectivity index (χ3v) is 4.32. The molecule has 1 aliphatic carbocycles. The average Bonchev–Trinajstić information content (AvgIpc) is 2.66. The van der Waals surface area contributed by atoms with E-state index in [1.165, 1.54) is 6.92 Å². The van der Waals surface area contributed by atoms with Crippen molar-refractivity contribution in [3.63, 3.8) is 0 Å². The van der Waals surface area contributed by atoms with Crippen LogP contribution in [0.5, 0.6) is 0 Å². The monoisotopic (exact) mass is 234 g/mol. The van der Waals surface area contributed by atoms with Gasteiger partial charge in [-0.15, -0.1) is 0 Å². The van der Waals surface area contributed by atoms with Gasteiger partial charge in [-0.25, -0.2) is 8.42 Å². The Kier molecular flexibility index (Phi) is 3.72. The molecule has 6 heteroatoms. The van der Waals surface area contributed by atoms with Gasteiger partial charge in [-0.05, 0) is 19.8 Å².